The predicted molar refractivity (Wildman–Crippen MR) is 70.9 cm³/mol. The van der Waals surface area contributed by atoms with Crippen LogP contribution in [-0.2, 0) is 9.53 Å². The highest BCUT2D eigenvalue weighted by atomic mass is 32.2. The lowest BCUT2D eigenvalue weighted by atomic mass is 9.92. The maximum absolute atomic E-state index is 11.6. The van der Waals surface area contributed by atoms with Crippen molar-refractivity contribution in [1.82, 2.24) is 4.90 Å². The van der Waals surface area contributed by atoms with Gasteiger partial charge in [0.25, 0.3) is 0 Å². The highest BCUT2D eigenvalue weighted by Crippen LogP contribution is 2.21. The van der Waals surface area contributed by atoms with E-state index in [0.717, 1.165) is 18.7 Å². The molecule has 0 rings (SSSR count). The van der Waals surface area contributed by atoms with E-state index in [9.17, 15) is 4.79 Å². The van der Waals surface area contributed by atoms with Crippen molar-refractivity contribution in [3.05, 3.63) is 0 Å². The van der Waals surface area contributed by atoms with Gasteiger partial charge in [-0.25, -0.2) is 0 Å². The minimum absolute atomic E-state index is 0.140. The zero-order valence-electron chi connectivity index (χ0n) is 11.4. The fraction of sp³-hybridized carbons (Fsp3) is 0.917. The van der Waals surface area contributed by atoms with E-state index in [4.69, 9.17) is 4.74 Å². The fourth-order valence-corrected chi connectivity index (χ4v) is 2.72. The van der Waals surface area contributed by atoms with Crippen LogP contribution in [0.4, 0.5) is 0 Å². The Kier molecular flexibility index (Phi) is 7.07. The summed E-state index contributed by atoms with van der Waals surface area (Å²) in [4.78, 5) is 13.8. The van der Waals surface area contributed by atoms with Crippen molar-refractivity contribution in [3.63, 3.8) is 0 Å². The summed E-state index contributed by atoms with van der Waals surface area (Å²) in [7, 11) is 3.53. The third-order valence-corrected chi connectivity index (χ3v) is 3.55. The van der Waals surface area contributed by atoms with E-state index in [0.29, 0.717) is 6.04 Å². The maximum Gasteiger partial charge on any atom is 0.312 e. The minimum Gasteiger partial charge on any atom is -0.469 e. The number of nitrogens with zero attached hydrogens (tertiary/aromatic N) is 1. The molecule has 0 spiro atoms. The highest BCUT2D eigenvalue weighted by molar-refractivity contribution is 7.98. The second-order valence-electron chi connectivity index (χ2n) is 4.81. The number of hydrogen-bond acceptors (Lipinski definition) is 4. The van der Waals surface area contributed by atoms with E-state index >= 15 is 0 Å². The average Bonchev–Trinajstić information content (AvgIpc) is 2.23. The molecule has 0 amide bonds. The first-order chi connectivity index (χ1) is 7.38. The molecule has 0 bridgehead atoms. The Morgan fingerprint density at radius 2 is 2.06 bits per heavy atom. The molecule has 0 N–H and O–H groups in total. The van der Waals surface area contributed by atoms with Crippen LogP contribution in [0.1, 0.15) is 27.2 Å². The van der Waals surface area contributed by atoms with Crippen LogP contribution < -0.4 is 0 Å². The second kappa shape index (κ2) is 7.17. The van der Waals surface area contributed by atoms with Crippen LogP contribution in [0, 0.1) is 5.41 Å². The number of thioether (sulfide) groups is 1. The zero-order chi connectivity index (χ0) is 12.8. The van der Waals surface area contributed by atoms with Gasteiger partial charge in [-0.15, -0.1) is 0 Å². The van der Waals surface area contributed by atoms with Gasteiger partial charge >= 0.3 is 5.97 Å². The van der Waals surface area contributed by atoms with Gasteiger partial charge in [0.1, 0.15) is 0 Å². The van der Waals surface area contributed by atoms with Crippen molar-refractivity contribution in [3.8, 4) is 0 Å². The summed E-state index contributed by atoms with van der Waals surface area (Å²) < 4.78 is 4.82. The number of hydrogen-bond donors (Lipinski definition) is 0. The van der Waals surface area contributed by atoms with Crippen LogP contribution in [0.2, 0.25) is 0 Å². The SMILES string of the molecule is CCC(CSC)N(C)CC(C)(C)C(=O)OC. The van der Waals surface area contributed by atoms with Gasteiger partial charge in [-0.05, 0) is 33.6 Å². The maximum atomic E-state index is 11.6. The van der Waals surface area contributed by atoms with Crippen LogP contribution in [-0.4, -0.2) is 49.6 Å². The molecule has 0 aliphatic rings. The van der Waals surface area contributed by atoms with Crippen molar-refractivity contribution < 1.29 is 9.53 Å². The zero-order valence-corrected chi connectivity index (χ0v) is 12.2. The molecule has 0 aliphatic carbocycles. The molecule has 0 saturated carbocycles. The Bertz CT molecular complexity index is 219. The van der Waals surface area contributed by atoms with Gasteiger partial charge < -0.3 is 9.64 Å². The Morgan fingerprint density at radius 1 is 1.50 bits per heavy atom. The molecule has 96 valence electrons. The van der Waals surface area contributed by atoms with Crippen LogP contribution in [0.25, 0.3) is 0 Å². The molecule has 3 nitrogen and oxygen atoms in total. The summed E-state index contributed by atoms with van der Waals surface area (Å²) in [5, 5.41) is 0. The molecule has 0 aliphatic heterocycles. The molecule has 0 aromatic carbocycles. The standard InChI is InChI=1S/C12H25NO2S/c1-7-10(8-16-6)13(4)9-12(2,3)11(14)15-5/h10H,7-9H2,1-6H3. The first-order valence-corrected chi connectivity index (χ1v) is 7.06. The quantitative estimate of drug-likeness (QED) is 0.645. The van der Waals surface area contributed by atoms with E-state index in [-0.39, 0.29) is 5.97 Å². The van der Waals surface area contributed by atoms with E-state index in [1.54, 1.807) is 0 Å². The van der Waals surface area contributed by atoms with E-state index in [1.807, 2.05) is 25.6 Å². The van der Waals surface area contributed by atoms with E-state index in [1.165, 1.54) is 7.11 Å². The number of methoxy groups -OCH3 is 1. The molecule has 0 aromatic rings. The summed E-state index contributed by atoms with van der Waals surface area (Å²) in [6, 6.07) is 0.527. The highest BCUT2D eigenvalue weighted by Gasteiger charge is 2.31. The van der Waals surface area contributed by atoms with Crippen molar-refractivity contribution in [2.45, 2.75) is 33.2 Å². The summed E-state index contributed by atoms with van der Waals surface area (Å²) in [5.74, 6) is 0.961. The summed E-state index contributed by atoms with van der Waals surface area (Å²) in [6.45, 7) is 6.78. The fourth-order valence-electron chi connectivity index (χ4n) is 1.84. The monoisotopic (exact) mass is 247 g/mol. The normalized spacial score (nSPS) is 13.9. The Balaban J connectivity index is 4.40. The van der Waals surface area contributed by atoms with Gasteiger partial charge in [-0.3, -0.25) is 4.79 Å². The van der Waals surface area contributed by atoms with Crippen LogP contribution in [0.3, 0.4) is 0 Å². The Hall–Kier alpha value is -0.220. The lowest BCUT2D eigenvalue weighted by Gasteiger charge is -2.33. The molecule has 0 heterocycles. The molecular formula is C12H25NO2S. The molecule has 1 unspecified atom stereocenters. The largest absolute Gasteiger partial charge is 0.469 e. The average molecular weight is 247 g/mol. The second-order valence-corrected chi connectivity index (χ2v) is 5.72. The van der Waals surface area contributed by atoms with Crippen LogP contribution >= 0.6 is 11.8 Å². The molecule has 1 atom stereocenters. The number of rotatable bonds is 7. The first-order valence-electron chi connectivity index (χ1n) is 5.66. The minimum atomic E-state index is -0.435. The third-order valence-electron chi connectivity index (χ3n) is 2.84. The van der Waals surface area contributed by atoms with Crippen molar-refractivity contribution in [1.29, 1.82) is 0 Å². The third kappa shape index (κ3) is 4.74. The topological polar surface area (TPSA) is 29.5 Å². The number of ether oxygens (including phenoxy) is 1. The lowest BCUT2D eigenvalue weighted by Crippen LogP contribution is -2.43. The van der Waals surface area contributed by atoms with Crippen LogP contribution in [0.15, 0.2) is 0 Å². The van der Waals surface area contributed by atoms with Gasteiger partial charge in [0, 0.05) is 18.3 Å². The van der Waals surface area contributed by atoms with Gasteiger partial charge in [0.2, 0.25) is 0 Å². The number of esters is 1. The van der Waals surface area contributed by atoms with E-state index in [2.05, 4.69) is 25.1 Å². The number of carbonyl (C=O) groups excluding carboxylic acids is 1. The molecule has 0 saturated heterocycles. The van der Waals surface area contributed by atoms with Gasteiger partial charge in [-0.2, -0.15) is 11.8 Å². The molecule has 0 fully saturated rings. The van der Waals surface area contributed by atoms with Gasteiger partial charge in [0.05, 0.1) is 12.5 Å². The molecule has 0 aromatic heterocycles. The van der Waals surface area contributed by atoms with Gasteiger partial charge in [0.15, 0.2) is 0 Å². The Morgan fingerprint density at radius 3 is 2.44 bits per heavy atom. The van der Waals surface area contributed by atoms with Crippen molar-refractivity contribution >= 4 is 17.7 Å². The summed E-state index contributed by atoms with van der Waals surface area (Å²) >= 11 is 1.84. The lowest BCUT2D eigenvalue weighted by molar-refractivity contribution is -0.151. The predicted octanol–water partition coefficient (Wildman–Crippen LogP) is 2.26. The van der Waals surface area contributed by atoms with Gasteiger partial charge in [-0.1, -0.05) is 6.92 Å². The summed E-state index contributed by atoms with van der Waals surface area (Å²) in [6.07, 6.45) is 3.22. The smallest absolute Gasteiger partial charge is 0.312 e. The molecular weight excluding hydrogens is 222 g/mol. The van der Waals surface area contributed by atoms with Crippen molar-refractivity contribution in [2.24, 2.45) is 5.41 Å². The molecule has 4 heteroatoms. The molecule has 0 radical (unpaired) electrons. The number of carbonyl (C=O) groups is 1. The Labute approximate surface area is 104 Å². The summed E-state index contributed by atoms with van der Waals surface area (Å²) in [5.41, 5.74) is -0.435. The van der Waals surface area contributed by atoms with E-state index < -0.39 is 5.41 Å². The first kappa shape index (κ1) is 15.8. The van der Waals surface area contributed by atoms with Crippen molar-refractivity contribution in [2.75, 3.05) is 32.7 Å². The molecule has 16 heavy (non-hydrogen) atoms. The van der Waals surface area contributed by atoms with Crippen LogP contribution in [0.5, 0.6) is 0 Å².